The third-order valence-electron chi connectivity index (χ3n) is 6.64. The summed E-state index contributed by atoms with van der Waals surface area (Å²) in [6.45, 7) is 7.52. The molecule has 2 saturated heterocycles. The van der Waals surface area contributed by atoms with E-state index in [1.54, 1.807) is 0 Å². The van der Waals surface area contributed by atoms with Crippen LogP contribution in [-0.4, -0.2) is 50.3 Å². The van der Waals surface area contributed by atoms with Crippen molar-refractivity contribution >= 4 is 11.6 Å². The van der Waals surface area contributed by atoms with Crippen LogP contribution in [0.5, 0.6) is 5.75 Å². The van der Waals surface area contributed by atoms with Crippen LogP contribution in [0.3, 0.4) is 0 Å². The average Bonchev–Trinajstić information content (AvgIpc) is 2.81. The predicted octanol–water partition coefficient (Wildman–Crippen LogP) is 4.48. The fourth-order valence-corrected chi connectivity index (χ4v) is 4.79. The standard InChI is InChI=1S/C26H34N2O3/c1-21-6-5-15-28(20-21)16-19-31-24-11-9-23(10-12-24)27-25(29)26(13-17-30-18-14-26)22-7-3-2-4-8-22/h2-4,7-12,21H,5-6,13-20H2,1H3,(H,27,29)/t21-/m0/s1. The second-order valence-electron chi connectivity index (χ2n) is 8.94. The number of likely N-dealkylation sites (tertiary alicyclic amines) is 1. The minimum Gasteiger partial charge on any atom is -0.492 e. The van der Waals surface area contributed by atoms with Gasteiger partial charge in [0.05, 0.1) is 5.41 Å². The number of rotatable bonds is 7. The second-order valence-corrected chi connectivity index (χ2v) is 8.94. The lowest BCUT2D eigenvalue weighted by Crippen LogP contribution is -2.44. The summed E-state index contributed by atoms with van der Waals surface area (Å²) in [5, 5.41) is 3.13. The zero-order chi connectivity index (χ0) is 21.5. The van der Waals surface area contributed by atoms with Gasteiger partial charge in [0, 0.05) is 32.0 Å². The topological polar surface area (TPSA) is 50.8 Å². The molecule has 0 saturated carbocycles. The molecule has 2 aromatic carbocycles. The van der Waals surface area contributed by atoms with Crippen molar-refractivity contribution in [3.05, 3.63) is 60.2 Å². The molecule has 5 nitrogen and oxygen atoms in total. The Morgan fingerprint density at radius 3 is 2.58 bits per heavy atom. The highest BCUT2D eigenvalue weighted by molar-refractivity contribution is 5.99. The number of carbonyl (C=O) groups excluding carboxylic acids is 1. The first-order valence-corrected chi connectivity index (χ1v) is 11.6. The minimum atomic E-state index is -0.541. The predicted molar refractivity (Wildman–Crippen MR) is 124 cm³/mol. The van der Waals surface area contributed by atoms with Gasteiger partial charge in [-0.05, 0) is 68.0 Å². The Bertz CT molecular complexity index is 831. The number of hydrogen-bond donors (Lipinski definition) is 1. The maximum Gasteiger partial charge on any atom is 0.235 e. The highest BCUT2D eigenvalue weighted by Gasteiger charge is 2.41. The molecule has 0 aliphatic carbocycles. The van der Waals surface area contributed by atoms with Crippen LogP contribution in [-0.2, 0) is 14.9 Å². The number of amides is 1. The van der Waals surface area contributed by atoms with E-state index in [1.165, 1.54) is 25.9 Å². The molecule has 0 radical (unpaired) electrons. The van der Waals surface area contributed by atoms with Crippen LogP contribution in [0.1, 0.15) is 38.2 Å². The van der Waals surface area contributed by atoms with Crippen LogP contribution in [0.2, 0.25) is 0 Å². The highest BCUT2D eigenvalue weighted by atomic mass is 16.5. The van der Waals surface area contributed by atoms with Crippen LogP contribution >= 0.6 is 0 Å². The van der Waals surface area contributed by atoms with Crippen molar-refractivity contribution < 1.29 is 14.3 Å². The molecular formula is C26H34N2O3. The summed E-state index contributed by atoms with van der Waals surface area (Å²) in [4.78, 5) is 15.8. The molecule has 2 heterocycles. The van der Waals surface area contributed by atoms with Gasteiger partial charge >= 0.3 is 0 Å². The molecule has 4 rings (SSSR count). The molecule has 0 spiro atoms. The van der Waals surface area contributed by atoms with E-state index in [0.29, 0.717) is 32.7 Å². The lowest BCUT2D eigenvalue weighted by Gasteiger charge is -2.36. The zero-order valence-corrected chi connectivity index (χ0v) is 18.5. The van der Waals surface area contributed by atoms with Gasteiger partial charge in [0.25, 0.3) is 0 Å². The average molecular weight is 423 g/mol. The van der Waals surface area contributed by atoms with E-state index < -0.39 is 5.41 Å². The van der Waals surface area contributed by atoms with Gasteiger partial charge in [0.1, 0.15) is 12.4 Å². The van der Waals surface area contributed by atoms with E-state index in [4.69, 9.17) is 9.47 Å². The van der Waals surface area contributed by atoms with Crippen LogP contribution in [0.25, 0.3) is 0 Å². The first-order chi connectivity index (χ1) is 15.2. The zero-order valence-electron chi connectivity index (χ0n) is 18.5. The largest absolute Gasteiger partial charge is 0.492 e. The first-order valence-electron chi connectivity index (χ1n) is 11.6. The van der Waals surface area contributed by atoms with Crippen LogP contribution in [0.15, 0.2) is 54.6 Å². The Labute approximate surface area is 185 Å². The van der Waals surface area contributed by atoms with Crippen molar-refractivity contribution in [1.82, 2.24) is 4.90 Å². The van der Waals surface area contributed by atoms with Crippen LogP contribution in [0.4, 0.5) is 5.69 Å². The maximum absolute atomic E-state index is 13.3. The number of nitrogens with zero attached hydrogens (tertiary/aromatic N) is 1. The van der Waals surface area contributed by atoms with Gasteiger partial charge in [0.2, 0.25) is 5.91 Å². The third-order valence-corrected chi connectivity index (χ3v) is 6.64. The molecule has 31 heavy (non-hydrogen) atoms. The summed E-state index contributed by atoms with van der Waals surface area (Å²) < 4.78 is 11.5. The maximum atomic E-state index is 13.3. The van der Waals surface area contributed by atoms with Crippen LogP contribution < -0.4 is 10.1 Å². The molecule has 1 amide bonds. The van der Waals surface area contributed by atoms with E-state index in [9.17, 15) is 4.79 Å². The van der Waals surface area contributed by atoms with Crippen molar-refractivity contribution in [3.63, 3.8) is 0 Å². The summed E-state index contributed by atoms with van der Waals surface area (Å²) in [6.07, 6.45) is 4.01. The quantitative estimate of drug-likeness (QED) is 0.715. The van der Waals surface area contributed by atoms with E-state index in [2.05, 4.69) is 17.1 Å². The van der Waals surface area contributed by atoms with Crippen LogP contribution in [0, 0.1) is 5.92 Å². The number of carbonyl (C=O) groups is 1. The first kappa shape index (κ1) is 21.8. The van der Waals surface area contributed by atoms with E-state index in [-0.39, 0.29) is 5.91 Å². The van der Waals surface area contributed by atoms with E-state index in [0.717, 1.165) is 29.5 Å². The lowest BCUT2D eigenvalue weighted by molar-refractivity contribution is -0.125. The summed E-state index contributed by atoms with van der Waals surface area (Å²) in [5.41, 5.74) is 1.31. The van der Waals surface area contributed by atoms with Gasteiger partial charge in [-0.15, -0.1) is 0 Å². The molecule has 1 N–H and O–H groups in total. The molecule has 0 unspecified atom stereocenters. The lowest BCUT2D eigenvalue weighted by atomic mass is 9.73. The number of piperidine rings is 1. The number of nitrogens with one attached hydrogen (secondary N) is 1. The van der Waals surface area contributed by atoms with Gasteiger partial charge in [0.15, 0.2) is 0 Å². The third kappa shape index (κ3) is 5.46. The Kier molecular flexibility index (Phi) is 7.25. The SMILES string of the molecule is C[C@H]1CCCN(CCOc2ccc(NC(=O)C3(c4ccccc4)CCOCC3)cc2)C1. The Hall–Kier alpha value is -2.37. The molecule has 0 aromatic heterocycles. The normalized spacial score (nSPS) is 21.4. The molecular weight excluding hydrogens is 388 g/mol. The fourth-order valence-electron chi connectivity index (χ4n) is 4.79. The number of anilines is 1. The molecule has 166 valence electrons. The second kappa shape index (κ2) is 10.3. The molecule has 5 heteroatoms. The molecule has 2 fully saturated rings. The Morgan fingerprint density at radius 2 is 1.87 bits per heavy atom. The molecule has 1 atom stereocenters. The smallest absolute Gasteiger partial charge is 0.235 e. The summed E-state index contributed by atoms with van der Waals surface area (Å²) in [7, 11) is 0. The fraction of sp³-hybridized carbons (Fsp3) is 0.500. The van der Waals surface area contributed by atoms with Gasteiger partial charge < -0.3 is 14.8 Å². The van der Waals surface area contributed by atoms with Crippen molar-refractivity contribution in [2.45, 2.75) is 38.0 Å². The van der Waals surface area contributed by atoms with Gasteiger partial charge in [-0.3, -0.25) is 9.69 Å². The summed E-state index contributed by atoms with van der Waals surface area (Å²) >= 11 is 0. The van der Waals surface area contributed by atoms with Crippen molar-refractivity contribution in [3.8, 4) is 5.75 Å². The molecule has 2 aliphatic heterocycles. The van der Waals surface area contributed by atoms with E-state index >= 15 is 0 Å². The Balaban J connectivity index is 1.34. The monoisotopic (exact) mass is 422 g/mol. The molecule has 2 aliphatic rings. The number of benzene rings is 2. The highest BCUT2D eigenvalue weighted by Crippen LogP contribution is 2.36. The van der Waals surface area contributed by atoms with Crippen molar-refractivity contribution in [2.24, 2.45) is 5.92 Å². The van der Waals surface area contributed by atoms with Gasteiger partial charge in [-0.25, -0.2) is 0 Å². The molecule has 2 aromatic rings. The summed E-state index contributed by atoms with van der Waals surface area (Å²) in [6, 6.07) is 17.8. The van der Waals surface area contributed by atoms with Gasteiger partial charge in [-0.2, -0.15) is 0 Å². The number of ether oxygens (including phenoxy) is 2. The molecule has 0 bridgehead atoms. The van der Waals surface area contributed by atoms with Gasteiger partial charge in [-0.1, -0.05) is 37.3 Å². The van der Waals surface area contributed by atoms with E-state index in [1.807, 2.05) is 54.6 Å². The Morgan fingerprint density at radius 1 is 1.13 bits per heavy atom. The summed E-state index contributed by atoms with van der Waals surface area (Å²) in [5.74, 6) is 1.66. The minimum absolute atomic E-state index is 0.0369. The van der Waals surface area contributed by atoms with Crippen molar-refractivity contribution in [1.29, 1.82) is 0 Å². The van der Waals surface area contributed by atoms with Crippen molar-refractivity contribution in [2.75, 3.05) is 44.8 Å². The number of hydrogen-bond acceptors (Lipinski definition) is 4.